The van der Waals surface area contributed by atoms with Gasteiger partial charge in [0, 0.05) is 5.70 Å². The van der Waals surface area contributed by atoms with Crippen molar-refractivity contribution in [1.82, 2.24) is 0 Å². The maximum absolute atomic E-state index is 5.72. The fraction of sp³-hybridized carbons (Fsp3) is 0.833. The molecule has 78 valence electrons. The molecule has 0 heterocycles. The number of nitrogens with two attached hydrogens (primary N) is 1. The Morgan fingerprint density at radius 1 is 1.31 bits per heavy atom. The van der Waals surface area contributed by atoms with Crippen molar-refractivity contribution in [3.63, 3.8) is 0 Å². The third-order valence-electron chi connectivity index (χ3n) is 2.99. The summed E-state index contributed by atoms with van der Waals surface area (Å²) in [4.78, 5) is 0. The van der Waals surface area contributed by atoms with Gasteiger partial charge in [-0.1, -0.05) is 53.0 Å². The van der Waals surface area contributed by atoms with E-state index in [4.69, 9.17) is 5.73 Å². The van der Waals surface area contributed by atoms with Crippen LogP contribution in [0.5, 0.6) is 0 Å². The van der Waals surface area contributed by atoms with Gasteiger partial charge in [-0.2, -0.15) is 0 Å². The van der Waals surface area contributed by atoms with Gasteiger partial charge in [-0.25, -0.2) is 0 Å². The minimum Gasteiger partial charge on any atom is -0.402 e. The van der Waals surface area contributed by atoms with Crippen LogP contribution in [-0.2, 0) is 0 Å². The lowest BCUT2D eigenvalue weighted by Crippen LogP contribution is -2.17. The second-order valence-corrected chi connectivity index (χ2v) is 4.03. The highest BCUT2D eigenvalue weighted by Crippen LogP contribution is 2.25. The van der Waals surface area contributed by atoms with Crippen LogP contribution in [-0.4, -0.2) is 0 Å². The van der Waals surface area contributed by atoms with Crippen LogP contribution in [0.15, 0.2) is 12.3 Å². The number of hydrogen-bond donors (Lipinski definition) is 1. The van der Waals surface area contributed by atoms with Crippen molar-refractivity contribution in [3.05, 3.63) is 12.3 Å². The van der Waals surface area contributed by atoms with Crippen molar-refractivity contribution in [1.29, 1.82) is 0 Å². The average molecular weight is 183 g/mol. The minimum atomic E-state index is 0.488. The summed E-state index contributed by atoms with van der Waals surface area (Å²) >= 11 is 0. The highest BCUT2D eigenvalue weighted by Gasteiger charge is 2.15. The van der Waals surface area contributed by atoms with E-state index in [0.717, 1.165) is 11.6 Å². The predicted octanol–water partition coefficient (Wildman–Crippen LogP) is 3.70. The van der Waals surface area contributed by atoms with Crippen molar-refractivity contribution in [2.24, 2.45) is 17.6 Å². The first-order chi connectivity index (χ1) is 6.13. The lowest BCUT2D eigenvalue weighted by atomic mass is 9.85. The molecule has 0 bridgehead atoms. The first kappa shape index (κ1) is 12.5. The molecule has 0 radical (unpaired) electrons. The summed E-state index contributed by atoms with van der Waals surface area (Å²) in [6.07, 6.45) is 6.52. The van der Waals surface area contributed by atoms with Gasteiger partial charge in [-0.3, -0.25) is 0 Å². The van der Waals surface area contributed by atoms with Gasteiger partial charge >= 0.3 is 0 Å². The van der Waals surface area contributed by atoms with Gasteiger partial charge < -0.3 is 5.73 Å². The molecule has 1 nitrogen and oxygen atoms in total. The van der Waals surface area contributed by atoms with Gasteiger partial charge in [0.05, 0.1) is 0 Å². The summed E-state index contributed by atoms with van der Waals surface area (Å²) in [5.41, 5.74) is 6.57. The Morgan fingerprint density at radius 2 is 1.92 bits per heavy atom. The number of hydrogen-bond acceptors (Lipinski definition) is 1. The summed E-state index contributed by atoms with van der Waals surface area (Å²) < 4.78 is 0. The van der Waals surface area contributed by atoms with E-state index in [1.807, 2.05) is 0 Å². The van der Waals surface area contributed by atoms with Gasteiger partial charge in [0.25, 0.3) is 0 Å². The first-order valence-corrected chi connectivity index (χ1v) is 5.57. The van der Waals surface area contributed by atoms with Gasteiger partial charge in [0.2, 0.25) is 0 Å². The van der Waals surface area contributed by atoms with E-state index >= 15 is 0 Å². The van der Waals surface area contributed by atoms with E-state index in [1.165, 1.54) is 32.1 Å². The number of rotatable bonds is 7. The third kappa shape index (κ3) is 4.97. The Balaban J connectivity index is 3.80. The van der Waals surface area contributed by atoms with E-state index in [1.54, 1.807) is 0 Å². The molecule has 0 amide bonds. The Morgan fingerprint density at radius 3 is 2.31 bits per heavy atom. The van der Waals surface area contributed by atoms with Gasteiger partial charge in [0.15, 0.2) is 0 Å². The van der Waals surface area contributed by atoms with E-state index in [-0.39, 0.29) is 0 Å². The Bertz CT molecular complexity index is 140. The van der Waals surface area contributed by atoms with Crippen molar-refractivity contribution in [2.45, 2.75) is 52.9 Å². The molecule has 0 spiro atoms. The van der Waals surface area contributed by atoms with Crippen molar-refractivity contribution < 1.29 is 0 Å². The van der Waals surface area contributed by atoms with Crippen LogP contribution in [0.25, 0.3) is 0 Å². The van der Waals surface area contributed by atoms with E-state index < -0.39 is 0 Å². The summed E-state index contributed by atoms with van der Waals surface area (Å²) in [6.45, 7) is 10.5. The molecule has 0 fully saturated rings. The molecular formula is C12H25N. The lowest BCUT2D eigenvalue weighted by Gasteiger charge is -2.22. The topological polar surface area (TPSA) is 26.0 Å². The molecule has 0 aliphatic rings. The zero-order valence-electron chi connectivity index (χ0n) is 9.47. The van der Waals surface area contributed by atoms with Crippen molar-refractivity contribution >= 4 is 0 Å². The number of allylic oxidation sites excluding steroid dienone is 1. The van der Waals surface area contributed by atoms with Crippen LogP contribution in [0.2, 0.25) is 0 Å². The van der Waals surface area contributed by atoms with Crippen LogP contribution in [0, 0.1) is 11.8 Å². The fourth-order valence-corrected chi connectivity index (χ4v) is 1.77. The second kappa shape index (κ2) is 6.99. The maximum Gasteiger partial charge on any atom is 0.00390 e. The summed E-state index contributed by atoms with van der Waals surface area (Å²) in [7, 11) is 0. The fourth-order valence-electron chi connectivity index (χ4n) is 1.77. The van der Waals surface area contributed by atoms with E-state index in [9.17, 15) is 0 Å². The highest BCUT2D eigenvalue weighted by atomic mass is 14.6. The van der Waals surface area contributed by atoms with Crippen LogP contribution >= 0.6 is 0 Å². The monoisotopic (exact) mass is 183 g/mol. The maximum atomic E-state index is 5.72. The molecule has 2 N–H and O–H groups in total. The largest absolute Gasteiger partial charge is 0.402 e. The Labute approximate surface area is 83.4 Å². The molecule has 2 unspecified atom stereocenters. The standard InChI is InChI=1S/C12H25N/c1-5-7-8-9-12(6-2)10(3)11(4)13/h10,12H,4-9,13H2,1-3H3. The van der Waals surface area contributed by atoms with Crippen LogP contribution in [0.3, 0.4) is 0 Å². The lowest BCUT2D eigenvalue weighted by molar-refractivity contribution is 0.350. The van der Waals surface area contributed by atoms with Crippen molar-refractivity contribution in [2.75, 3.05) is 0 Å². The summed E-state index contributed by atoms with van der Waals surface area (Å²) in [6, 6.07) is 0. The molecular weight excluding hydrogens is 158 g/mol. The van der Waals surface area contributed by atoms with Gasteiger partial charge in [-0.15, -0.1) is 0 Å². The molecule has 0 aliphatic heterocycles. The molecule has 0 aromatic carbocycles. The molecule has 0 saturated carbocycles. The SMILES string of the molecule is C=C(N)C(C)C(CC)CCCCC. The molecule has 0 aromatic rings. The highest BCUT2D eigenvalue weighted by molar-refractivity contribution is 4.94. The average Bonchev–Trinajstić information content (AvgIpc) is 2.11. The third-order valence-corrected chi connectivity index (χ3v) is 2.99. The smallest absolute Gasteiger partial charge is 0.00390 e. The van der Waals surface area contributed by atoms with Crippen LogP contribution < -0.4 is 5.73 Å². The molecule has 0 aliphatic carbocycles. The molecule has 0 aromatic heterocycles. The molecule has 1 heteroatoms. The van der Waals surface area contributed by atoms with Crippen LogP contribution in [0.1, 0.15) is 52.9 Å². The zero-order valence-corrected chi connectivity index (χ0v) is 9.47. The second-order valence-electron chi connectivity index (χ2n) is 4.03. The predicted molar refractivity (Wildman–Crippen MR) is 60.4 cm³/mol. The van der Waals surface area contributed by atoms with E-state index in [2.05, 4.69) is 27.4 Å². The number of unbranched alkanes of at least 4 members (excludes halogenated alkanes) is 2. The molecule has 0 rings (SSSR count). The summed E-state index contributed by atoms with van der Waals surface area (Å²) in [5.74, 6) is 1.23. The molecule has 0 saturated heterocycles. The minimum absolute atomic E-state index is 0.488. The van der Waals surface area contributed by atoms with Gasteiger partial charge in [-0.05, 0) is 18.3 Å². The quantitative estimate of drug-likeness (QED) is 0.598. The van der Waals surface area contributed by atoms with Crippen LogP contribution in [0.4, 0.5) is 0 Å². The zero-order chi connectivity index (χ0) is 10.3. The first-order valence-electron chi connectivity index (χ1n) is 5.57. The molecule has 2 atom stereocenters. The van der Waals surface area contributed by atoms with E-state index in [0.29, 0.717) is 5.92 Å². The Kier molecular flexibility index (Phi) is 6.75. The molecule has 13 heavy (non-hydrogen) atoms. The van der Waals surface area contributed by atoms with Gasteiger partial charge in [0.1, 0.15) is 0 Å². The summed E-state index contributed by atoms with van der Waals surface area (Å²) in [5, 5.41) is 0. The Hall–Kier alpha value is -0.460. The normalized spacial score (nSPS) is 15.3. The van der Waals surface area contributed by atoms with Crippen molar-refractivity contribution in [3.8, 4) is 0 Å².